The molecule has 2 N–H and O–H groups in total. The molecule has 0 aromatic heterocycles. The van der Waals surface area contributed by atoms with Crippen molar-refractivity contribution < 1.29 is 30.4 Å². The zero-order valence-corrected chi connectivity index (χ0v) is 40.8. The maximum atomic E-state index is 14.4. The Labute approximate surface area is 391 Å². The summed E-state index contributed by atoms with van der Waals surface area (Å²) in [5.41, 5.74) is 4.98. The Kier molecular flexibility index (Phi) is 16.2. The minimum Gasteiger partial charge on any atom is -0.384 e. The van der Waals surface area contributed by atoms with E-state index in [9.17, 15) is 30.4 Å². The van der Waals surface area contributed by atoms with Crippen LogP contribution in [0.1, 0.15) is 69.3 Å². The third-order valence-electron chi connectivity index (χ3n) is 12.1. The number of hydrogen-bond acceptors (Lipinski definition) is 10. The average Bonchev–Trinajstić information content (AvgIpc) is 3.25. The molecule has 0 spiro atoms. The van der Waals surface area contributed by atoms with E-state index in [0.29, 0.717) is 18.2 Å². The molecule has 1 saturated heterocycles. The summed E-state index contributed by atoms with van der Waals surface area (Å²) in [6.45, 7) is 13.0. The number of allylic oxidation sites excluding steroid dienone is 1. The summed E-state index contributed by atoms with van der Waals surface area (Å²) in [7, 11) is -8.34. The second-order valence-electron chi connectivity index (χ2n) is 17.5. The molecule has 4 aromatic carbocycles. The van der Waals surface area contributed by atoms with E-state index in [1.807, 2.05) is 68.1 Å². The molecule has 4 aromatic rings. The second kappa shape index (κ2) is 20.9. The van der Waals surface area contributed by atoms with E-state index >= 15 is 0 Å². The van der Waals surface area contributed by atoms with Gasteiger partial charge in [-0.2, -0.15) is 8.78 Å². The average molecular weight is 977 g/mol. The maximum Gasteiger partial charge on any atom is 0.427 e. The van der Waals surface area contributed by atoms with Gasteiger partial charge in [0.05, 0.1) is 15.5 Å². The molecule has 1 fully saturated rings. The van der Waals surface area contributed by atoms with E-state index < -0.39 is 40.3 Å². The molecule has 10 nitrogen and oxygen atoms in total. The molecule has 1 aliphatic heterocycles. The van der Waals surface area contributed by atoms with Crippen molar-refractivity contribution in [1.82, 2.24) is 14.5 Å². The fourth-order valence-corrected chi connectivity index (χ4v) is 11.6. The van der Waals surface area contributed by atoms with Crippen LogP contribution in [-0.4, -0.2) is 101 Å². The van der Waals surface area contributed by atoms with Crippen molar-refractivity contribution in [2.24, 2.45) is 5.41 Å². The number of thioether (sulfide) groups is 1. The minimum absolute atomic E-state index is 0.0131. The first kappa shape index (κ1) is 49.7. The van der Waals surface area contributed by atoms with Crippen LogP contribution in [0, 0.1) is 5.41 Å². The third kappa shape index (κ3) is 12.6. The first-order valence-corrected chi connectivity index (χ1v) is 26.0. The fourth-order valence-electron chi connectivity index (χ4n) is 8.03. The smallest absolute Gasteiger partial charge is 0.384 e. The normalized spacial score (nSPS) is 16.9. The predicted molar refractivity (Wildman–Crippen MR) is 257 cm³/mol. The zero-order valence-electron chi connectivity index (χ0n) is 36.8. The third-order valence-corrected chi connectivity index (χ3v) is 17.0. The van der Waals surface area contributed by atoms with E-state index in [0.717, 1.165) is 79.7 Å². The van der Waals surface area contributed by atoms with Gasteiger partial charge in [0.2, 0.25) is 0 Å². The Morgan fingerprint density at radius 1 is 0.922 bits per heavy atom. The first-order valence-electron chi connectivity index (χ1n) is 21.3. The van der Waals surface area contributed by atoms with E-state index in [-0.39, 0.29) is 35.3 Å². The summed E-state index contributed by atoms with van der Waals surface area (Å²) < 4.78 is 79.3. The number of amides is 1. The Bertz CT molecular complexity index is 2500. The Morgan fingerprint density at radius 3 is 2.20 bits per heavy atom. The number of piperazine rings is 1. The van der Waals surface area contributed by atoms with Gasteiger partial charge in [-0.3, -0.25) is 9.69 Å². The van der Waals surface area contributed by atoms with Crippen LogP contribution < -0.4 is 14.9 Å². The fraction of sp³-hybridized carbons (Fsp3) is 0.426. The molecule has 1 aliphatic carbocycles. The molecule has 346 valence electrons. The number of nitrogens with zero attached hydrogens (tertiary/aromatic N) is 3. The lowest BCUT2D eigenvalue weighted by Crippen LogP contribution is -2.47. The van der Waals surface area contributed by atoms with E-state index in [4.69, 9.17) is 23.2 Å². The van der Waals surface area contributed by atoms with Crippen LogP contribution in [0.5, 0.6) is 0 Å². The number of hydrogen-bond donors (Lipinski definition) is 2. The van der Waals surface area contributed by atoms with E-state index in [1.165, 1.54) is 28.8 Å². The Morgan fingerprint density at radius 2 is 1.58 bits per heavy atom. The quantitative estimate of drug-likeness (QED) is 0.0737. The van der Waals surface area contributed by atoms with Crippen molar-refractivity contribution in [3.63, 3.8) is 0 Å². The van der Waals surface area contributed by atoms with Crippen molar-refractivity contribution >= 4 is 77.7 Å². The number of nitrogens with one attached hydrogen (secondary N) is 2. The van der Waals surface area contributed by atoms with Gasteiger partial charge in [0.15, 0.2) is 0 Å². The highest BCUT2D eigenvalue weighted by Gasteiger charge is 2.46. The Balaban J connectivity index is 1.09. The summed E-state index contributed by atoms with van der Waals surface area (Å²) >= 11 is 12.9. The number of rotatable bonds is 18. The summed E-state index contributed by atoms with van der Waals surface area (Å²) in [4.78, 5) is 19.5. The molecule has 0 radical (unpaired) electrons. The van der Waals surface area contributed by atoms with Gasteiger partial charge in [-0.15, -0.1) is 11.8 Å². The molecule has 64 heavy (non-hydrogen) atoms. The Hall–Kier alpha value is -3.70. The van der Waals surface area contributed by atoms with E-state index in [1.54, 1.807) is 23.9 Å². The van der Waals surface area contributed by atoms with Crippen molar-refractivity contribution in [3.05, 3.63) is 119 Å². The zero-order chi connectivity index (χ0) is 46.5. The summed E-state index contributed by atoms with van der Waals surface area (Å²) in [5.74, 6) is -0.271. The molecule has 1 atom stereocenters. The van der Waals surface area contributed by atoms with Crippen molar-refractivity contribution in [2.45, 2.75) is 84.9 Å². The van der Waals surface area contributed by atoms with Crippen molar-refractivity contribution in [3.8, 4) is 0 Å². The predicted octanol–water partition coefficient (Wildman–Crippen LogP) is 10.1. The number of benzene rings is 4. The number of sulfone groups is 1. The van der Waals surface area contributed by atoms with Crippen LogP contribution in [0.15, 0.2) is 117 Å². The molecule has 6 rings (SSSR count). The SMILES string of the molecule is CC(C)N(C)C(CCNc1ccc(S(=O)(=O)NC(=O)c2ccc(N3CCN(CC4=C(c5ccc(Cl)cc5)CC(C)(C)CC4)CC3)cc2)cc1S(=O)(=O)C(F)(F)Cl)CSc1ccccc1. The topological polar surface area (TPSA) is 119 Å². The van der Waals surface area contributed by atoms with Crippen molar-refractivity contribution in [1.29, 1.82) is 0 Å². The second-order valence-corrected chi connectivity index (χ2v) is 23.4. The standard InChI is InChI=1S/C47H57Cl2F2N5O5S3/c1-33(2)54(5)39(32-62-40-9-7-6-8-10-40)22-24-52-43-20-19-41(29-44(43)63(58,59)47(49,50)51)64(60,61)53-45(57)35-13-17-38(18-14-35)56-27-25-55(26-28-56)31-36-21-23-46(3,4)30-42(36)34-11-15-37(48)16-12-34/h6-20,29,33,39,52H,21-28,30-32H2,1-5H3,(H,53,57). The first-order chi connectivity index (χ1) is 30.1. The lowest BCUT2D eigenvalue weighted by atomic mass is 9.72. The van der Waals surface area contributed by atoms with Crippen LogP contribution >= 0.6 is 35.0 Å². The van der Waals surface area contributed by atoms with Gasteiger partial charge in [-0.1, -0.05) is 61.4 Å². The molecule has 0 saturated carbocycles. The van der Waals surface area contributed by atoms with E-state index in [2.05, 4.69) is 46.0 Å². The molecule has 2 aliphatic rings. The van der Waals surface area contributed by atoms with Gasteiger partial charge in [-0.25, -0.2) is 21.6 Å². The minimum atomic E-state index is -5.58. The summed E-state index contributed by atoms with van der Waals surface area (Å²) in [5, 5.41) is 3.64. The van der Waals surface area contributed by atoms with Crippen LogP contribution in [-0.2, 0) is 19.9 Å². The highest BCUT2D eigenvalue weighted by atomic mass is 35.5. The maximum absolute atomic E-state index is 14.4. The molecule has 1 heterocycles. The number of halogens is 4. The van der Waals surface area contributed by atoms with Gasteiger partial charge in [-0.05, 0) is 141 Å². The largest absolute Gasteiger partial charge is 0.427 e. The van der Waals surface area contributed by atoms with Gasteiger partial charge >= 0.3 is 4.71 Å². The number of sulfonamides is 1. The number of alkyl halides is 3. The number of anilines is 2. The lowest BCUT2D eigenvalue weighted by Gasteiger charge is -2.39. The number of carbonyl (C=O) groups excluding carboxylic acids is 1. The lowest BCUT2D eigenvalue weighted by molar-refractivity contribution is 0.0981. The van der Waals surface area contributed by atoms with Crippen LogP contribution in [0.3, 0.4) is 0 Å². The summed E-state index contributed by atoms with van der Waals surface area (Å²) in [6, 6.07) is 27.4. The van der Waals surface area contributed by atoms with Gasteiger partial charge in [0, 0.05) is 78.3 Å². The molecule has 0 bridgehead atoms. The summed E-state index contributed by atoms with van der Waals surface area (Å²) in [6.07, 6.45) is 3.69. The van der Waals surface area contributed by atoms with Crippen LogP contribution in [0.2, 0.25) is 5.02 Å². The molecular weight excluding hydrogens is 920 g/mol. The van der Waals surface area contributed by atoms with Crippen LogP contribution in [0.25, 0.3) is 5.57 Å². The highest BCUT2D eigenvalue weighted by Crippen LogP contribution is 2.43. The number of carbonyl (C=O) groups is 1. The van der Waals surface area contributed by atoms with Gasteiger partial charge in [0.25, 0.3) is 25.8 Å². The molecule has 1 amide bonds. The van der Waals surface area contributed by atoms with Gasteiger partial charge in [0.1, 0.15) is 0 Å². The van der Waals surface area contributed by atoms with Crippen molar-refractivity contribution in [2.75, 3.05) is 62.3 Å². The monoisotopic (exact) mass is 975 g/mol. The molecule has 1 unspecified atom stereocenters. The van der Waals surface area contributed by atoms with Crippen LogP contribution in [0.4, 0.5) is 20.2 Å². The molecular formula is C47H57Cl2F2N5O5S3. The highest BCUT2D eigenvalue weighted by molar-refractivity contribution is 7.99. The molecule has 17 heteroatoms. The van der Waals surface area contributed by atoms with Gasteiger partial charge < -0.3 is 15.1 Å².